The lowest BCUT2D eigenvalue weighted by Gasteiger charge is -2.03. The van der Waals surface area contributed by atoms with E-state index in [1.807, 2.05) is 5.32 Å². The molecule has 0 atom stereocenters. The fourth-order valence-corrected chi connectivity index (χ4v) is 0.845. The summed E-state index contributed by atoms with van der Waals surface area (Å²) in [5.41, 5.74) is -0.479. The van der Waals surface area contributed by atoms with Crippen molar-refractivity contribution in [1.29, 1.82) is 0 Å². The average Bonchev–Trinajstić information content (AvgIpc) is 2.14. The van der Waals surface area contributed by atoms with E-state index < -0.39 is 24.4 Å². The van der Waals surface area contributed by atoms with Crippen LogP contribution in [-0.4, -0.2) is 23.9 Å². The van der Waals surface area contributed by atoms with Gasteiger partial charge in [-0.15, -0.1) is 0 Å². The van der Waals surface area contributed by atoms with Crippen LogP contribution in [-0.2, 0) is 0 Å². The molecule has 0 unspecified atom stereocenters. The second-order valence-electron chi connectivity index (χ2n) is 2.53. The van der Waals surface area contributed by atoms with E-state index in [0.717, 1.165) is 0 Å². The number of aromatic nitrogens is 1. The van der Waals surface area contributed by atoms with Gasteiger partial charge in [-0.05, 0) is 6.07 Å². The summed E-state index contributed by atoms with van der Waals surface area (Å²) in [5, 5.41) is 1.97. The molecule has 0 bridgehead atoms. The topological polar surface area (TPSA) is 62.0 Å². The van der Waals surface area contributed by atoms with E-state index in [1.54, 1.807) is 0 Å². The molecule has 6 heteroatoms. The largest absolute Gasteiger partial charge is 0.345 e. The molecule has 0 radical (unpaired) electrons. The number of H-pyrrole nitrogens is 1. The lowest BCUT2D eigenvalue weighted by atomic mass is 10.3. The number of amides is 1. The molecule has 1 heterocycles. The van der Waals surface area contributed by atoms with Gasteiger partial charge >= 0.3 is 0 Å². The van der Waals surface area contributed by atoms with Crippen LogP contribution in [0.1, 0.15) is 10.5 Å². The van der Waals surface area contributed by atoms with Crippen LogP contribution in [0, 0.1) is 0 Å². The molecular formula is C8H8F2N2O2. The summed E-state index contributed by atoms with van der Waals surface area (Å²) in [4.78, 5) is 24.1. The van der Waals surface area contributed by atoms with Crippen LogP contribution in [0.15, 0.2) is 23.0 Å². The Kier molecular flexibility index (Phi) is 3.33. The molecule has 1 aromatic rings. The molecule has 0 aliphatic rings. The predicted octanol–water partition coefficient (Wildman–Crippen LogP) is 0.370. The minimum atomic E-state index is -2.60. The SMILES string of the molecule is O=C(NCC(F)F)c1cccc(=O)[nH]1. The Morgan fingerprint density at radius 3 is 2.79 bits per heavy atom. The fraction of sp³-hybridized carbons (Fsp3) is 0.250. The van der Waals surface area contributed by atoms with Crippen LogP contribution in [0.2, 0.25) is 0 Å². The molecule has 1 rings (SSSR count). The minimum Gasteiger partial charge on any atom is -0.345 e. The van der Waals surface area contributed by atoms with Gasteiger partial charge in [0.05, 0.1) is 6.54 Å². The summed E-state index contributed by atoms with van der Waals surface area (Å²) in [6.45, 7) is -0.726. The quantitative estimate of drug-likeness (QED) is 0.743. The summed E-state index contributed by atoms with van der Waals surface area (Å²) >= 11 is 0. The molecule has 0 spiro atoms. The fourth-order valence-electron chi connectivity index (χ4n) is 0.845. The number of nitrogens with one attached hydrogen (secondary N) is 2. The van der Waals surface area contributed by atoms with Crippen LogP contribution in [0.4, 0.5) is 8.78 Å². The first-order valence-electron chi connectivity index (χ1n) is 3.85. The molecule has 0 aliphatic heterocycles. The number of hydrogen-bond acceptors (Lipinski definition) is 2. The van der Waals surface area contributed by atoms with E-state index in [0.29, 0.717) is 0 Å². The van der Waals surface area contributed by atoms with Gasteiger partial charge in [-0.3, -0.25) is 9.59 Å². The lowest BCUT2D eigenvalue weighted by molar-refractivity contribution is 0.0886. The lowest BCUT2D eigenvalue weighted by Crippen LogP contribution is -2.30. The Morgan fingerprint density at radius 1 is 1.50 bits per heavy atom. The molecule has 4 nitrogen and oxygen atoms in total. The monoisotopic (exact) mass is 202 g/mol. The zero-order chi connectivity index (χ0) is 10.6. The number of aromatic amines is 1. The van der Waals surface area contributed by atoms with E-state index in [2.05, 4.69) is 4.98 Å². The maximum absolute atomic E-state index is 11.7. The van der Waals surface area contributed by atoms with Crippen LogP contribution >= 0.6 is 0 Å². The first-order valence-corrected chi connectivity index (χ1v) is 3.85. The smallest absolute Gasteiger partial charge is 0.267 e. The van der Waals surface area contributed by atoms with Crippen molar-refractivity contribution in [2.45, 2.75) is 6.43 Å². The van der Waals surface area contributed by atoms with Gasteiger partial charge in [0.15, 0.2) is 0 Å². The van der Waals surface area contributed by atoms with Crippen molar-refractivity contribution in [2.24, 2.45) is 0 Å². The molecule has 0 saturated heterocycles. The standard InChI is InChI=1S/C8H8F2N2O2/c9-6(10)4-11-8(14)5-2-1-3-7(13)12-5/h1-3,6H,4H2,(H,11,14)(H,12,13). The first-order chi connectivity index (χ1) is 6.59. The van der Waals surface area contributed by atoms with Crippen molar-refractivity contribution in [3.8, 4) is 0 Å². The van der Waals surface area contributed by atoms with Gasteiger partial charge in [-0.1, -0.05) is 6.07 Å². The summed E-state index contributed by atoms with van der Waals surface area (Å²) in [6, 6.07) is 3.93. The highest BCUT2D eigenvalue weighted by atomic mass is 19.3. The van der Waals surface area contributed by atoms with Gasteiger partial charge in [0.1, 0.15) is 5.69 Å². The van der Waals surface area contributed by atoms with Gasteiger partial charge in [0, 0.05) is 6.07 Å². The molecule has 0 aliphatic carbocycles. The van der Waals surface area contributed by atoms with Gasteiger partial charge in [-0.2, -0.15) is 0 Å². The number of alkyl halides is 2. The number of carbonyl (C=O) groups is 1. The van der Waals surface area contributed by atoms with E-state index in [4.69, 9.17) is 0 Å². The molecular weight excluding hydrogens is 194 g/mol. The normalized spacial score (nSPS) is 10.2. The van der Waals surface area contributed by atoms with E-state index in [9.17, 15) is 18.4 Å². The third-order valence-electron chi connectivity index (χ3n) is 1.43. The zero-order valence-corrected chi connectivity index (χ0v) is 7.09. The van der Waals surface area contributed by atoms with Crippen molar-refractivity contribution in [2.75, 3.05) is 6.54 Å². The maximum Gasteiger partial charge on any atom is 0.267 e. The van der Waals surface area contributed by atoms with Crippen LogP contribution in [0.3, 0.4) is 0 Å². The highest BCUT2D eigenvalue weighted by Crippen LogP contribution is 1.92. The Balaban J connectivity index is 2.65. The van der Waals surface area contributed by atoms with Crippen LogP contribution in [0.5, 0.6) is 0 Å². The number of hydrogen-bond donors (Lipinski definition) is 2. The summed E-state index contributed by atoms with van der Waals surface area (Å²) < 4.78 is 23.4. The van der Waals surface area contributed by atoms with Crippen molar-refractivity contribution < 1.29 is 13.6 Å². The minimum absolute atomic E-state index is 0.0295. The van der Waals surface area contributed by atoms with Gasteiger partial charge in [0.2, 0.25) is 5.56 Å². The van der Waals surface area contributed by atoms with Crippen molar-refractivity contribution in [3.05, 3.63) is 34.2 Å². The summed E-state index contributed by atoms with van der Waals surface area (Å²) in [7, 11) is 0. The van der Waals surface area contributed by atoms with Gasteiger partial charge < -0.3 is 10.3 Å². The molecule has 0 aromatic carbocycles. The van der Waals surface area contributed by atoms with E-state index >= 15 is 0 Å². The van der Waals surface area contributed by atoms with E-state index in [1.165, 1.54) is 18.2 Å². The number of pyridine rings is 1. The highest BCUT2D eigenvalue weighted by molar-refractivity contribution is 5.92. The summed E-state index contributed by atoms with van der Waals surface area (Å²) in [5.74, 6) is -0.719. The third-order valence-corrected chi connectivity index (χ3v) is 1.43. The average molecular weight is 202 g/mol. The van der Waals surface area contributed by atoms with Crippen molar-refractivity contribution >= 4 is 5.91 Å². The third kappa shape index (κ3) is 2.96. The maximum atomic E-state index is 11.7. The Labute approximate surface area is 77.9 Å². The van der Waals surface area contributed by atoms with Gasteiger partial charge in [-0.25, -0.2) is 8.78 Å². The Hall–Kier alpha value is -1.72. The van der Waals surface area contributed by atoms with E-state index in [-0.39, 0.29) is 5.69 Å². The molecule has 76 valence electrons. The summed E-state index contributed by atoms with van der Waals surface area (Å²) in [6.07, 6.45) is -2.60. The first kappa shape index (κ1) is 10.4. The second-order valence-corrected chi connectivity index (χ2v) is 2.53. The molecule has 2 N–H and O–H groups in total. The molecule has 1 amide bonds. The number of halogens is 2. The van der Waals surface area contributed by atoms with Crippen LogP contribution < -0.4 is 10.9 Å². The second kappa shape index (κ2) is 4.50. The molecule has 14 heavy (non-hydrogen) atoms. The highest BCUT2D eigenvalue weighted by Gasteiger charge is 2.08. The molecule has 0 fully saturated rings. The number of rotatable bonds is 3. The predicted molar refractivity (Wildman–Crippen MR) is 45.4 cm³/mol. The van der Waals surface area contributed by atoms with Crippen LogP contribution in [0.25, 0.3) is 0 Å². The number of carbonyl (C=O) groups excluding carboxylic acids is 1. The Morgan fingerprint density at radius 2 is 2.21 bits per heavy atom. The van der Waals surface area contributed by atoms with Crippen molar-refractivity contribution in [1.82, 2.24) is 10.3 Å². The molecule has 1 aromatic heterocycles. The van der Waals surface area contributed by atoms with Crippen molar-refractivity contribution in [3.63, 3.8) is 0 Å². The zero-order valence-electron chi connectivity index (χ0n) is 7.09. The Bertz CT molecular complexity index is 376. The molecule has 0 saturated carbocycles. The van der Waals surface area contributed by atoms with Gasteiger partial charge in [0.25, 0.3) is 12.3 Å².